The lowest BCUT2D eigenvalue weighted by atomic mass is 9.75. The lowest BCUT2D eigenvalue weighted by molar-refractivity contribution is 0.152. The molecule has 4 nitrogen and oxygen atoms in total. The Morgan fingerprint density at radius 3 is 1.21 bits per heavy atom. The molecule has 9 aromatic carbocycles. The van der Waals surface area contributed by atoms with Gasteiger partial charge in [0.25, 0.3) is 0 Å². The molecular formula is C58H39N3O. The molecule has 62 heavy (non-hydrogen) atoms. The van der Waals surface area contributed by atoms with E-state index in [0.29, 0.717) is 17.5 Å². The van der Waals surface area contributed by atoms with Crippen LogP contribution in [-0.4, -0.2) is 15.0 Å². The molecule has 292 valence electrons. The molecule has 0 radical (unpaired) electrons. The molecule has 0 saturated heterocycles. The third-order valence-electron chi connectivity index (χ3n) is 11.7. The van der Waals surface area contributed by atoms with E-state index in [0.717, 1.165) is 83.6 Å². The van der Waals surface area contributed by atoms with Crippen LogP contribution in [0, 0.1) is 0 Å². The van der Waals surface area contributed by atoms with Gasteiger partial charge in [0, 0.05) is 38.9 Å². The molecule has 11 rings (SSSR count). The topological polar surface area (TPSA) is 47.9 Å². The van der Waals surface area contributed by atoms with E-state index in [-0.39, 0.29) is 0 Å². The van der Waals surface area contributed by atoms with Gasteiger partial charge in [-0.15, -0.1) is 0 Å². The van der Waals surface area contributed by atoms with E-state index >= 15 is 0 Å². The maximum Gasteiger partial charge on any atom is 0.185 e. The minimum Gasteiger partial charge on any atom is -0.472 e. The second-order valence-electron chi connectivity index (χ2n) is 15.6. The van der Waals surface area contributed by atoms with Gasteiger partial charge in [-0.3, -0.25) is 0 Å². The number of nitrogens with zero attached hydrogens (tertiary/aromatic N) is 3. The van der Waals surface area contributed by atoms with E-state index in [2.05, 4.69) is 206 Å². The predicted molar refractivity (Wildman–Crippen MR) is 251 cm³/mol. The Balaban J connectivity index is 1.09. The third-order valence-corrected chi connectivity index (χ3v) is 11.7. The van der Waals surface area contributed by atoms with Crippen LogP contribution in [0.5, 0.6) is 5.75 Å². The summed E-state index contributed by atoms with van der Waals surface area (Å²) in [4.78, 5) is 15.8. The Morgan fingerprint density at radius 2 is 0.661 bits per heavy atom. The van der Waals surface area contributed by atoms with Gasteiger partial charge < -0.3 is 4.74 Å². The minimum absolute atomic E-state index is 0.576. The van der Waals surface area contributed by atoms with Crippen molar-refractivity contribution in [2.24, 2.45) is 0 Å². The van der Waals surface area contributed by atoms with Crippen molar-refractivity contribution < 1.29 is 4.74 Å². The van der Waals surface area contributed by atoms with E-state index in [4.69, 9.17) is 19.7 Å². The van der Waals surface area contributed by atoms with Gasteiger partial charge in [0.1, 0.15) is 5.75 Å². The lowest BCUT2D eigenvalue weighted by Crippen LogP contribution is -2.38. The van der Waals surface area contributed by atoms with Crippen molar-refractivity contribution in [3.05, 3.63) is 253 Å². The average Bonchev–Trinajstić information content (AvgIpc) is 3.37. The van der Waals surface area contributed by atoms with Gasteiger partial charge in [-0.25, -0.2) is 15.0 Å². The molecule has 0 atom stereocenters. The highest BCUT2D eigenvalue weighted by Crippen LogP contribution is 2.52. The van der Waals surface area contributed by atoms with Crippen LogP contribution in [0.2, 0.25) is 0 Å². The van der Waals surface area contributed by atoms with Gasteiger partial charge in [-0.05, 0) is 75.3 Å². The molecule has 0 amide bonds. The standard InChI is InChI=1S/C58H39N3O/c1-6-18-40(19-7-1)43-30-32-44(33-31-43)55-59-56(61-57(60-55)48-37-46(41-20-8-2-9-21-41)36-47(38-48)42-22-10-3-11-23-42)45-34-35-54-52(39-45)51-28-16-17-29-53(51)58(62-54,49-24-12-4-13-25-49)50-26-14-5-15-27-50/h1-39H. The monoisotopic (exact) mass is 793 g/mol. The zero-order valence-electron chi connectivity index (χ0n) is 33.8. The molecule has 0 unspecified atom stereocenters. The number of benzene rings is 9. The van der Waals surface area contributed by atoms with E-state index in [1.807, 2.05) is 30.3 Å². The predicted octanol–water partition coefficient (Wildman–Crippen LogP) is 14.2. The molecule has 0 N–H and O–H groups in total. The molecule has 0 spiro atoms. The van der Waals surface area contributed by atoms with Crippen molar-refractivity contribution in [3.8, 4) is 84.4 Å². The first-order chi connectivity index (χ1) is 30.7. The van der Waals surface area contributed by atoms with Crippen LogP contribution in [0.15, 0.2) is 237 Å². The fraction of sp³-hybridized carbons (Fsp3) is 0.0172. The second kappa shape index (κ2) is 15.8. The minimum atomic E-state index is -0.854. The molecule has 0 saturated carbocycles. The SMILES string of the molecule is c1ccc(-c2ccc(-c3nc(-c4cc(-c5ccccc5)cc(-c5ccccc5)c4)nc(-c4ccc5c(c4)-c4ccccc4C(c4ccccc4)(c4ccccc4)O5)n3)cc2)cc1. The van der Waals surface area contributed by atoms with E-state index in [1.165, 1.54) is 0 Å². The summed E-state index contributed by atoms with van der Waals surface area (Å²) >= 11 is 0. The van der Waals surface area contributed by atoms with E-state index in [9.17, 15) is 0 Å². The Kier molecular flexibility index (Phi) is 9.36. The molecule has 0 bridgehead atoms. The average molecular weight is 794 g/mol. The maximum absolute atomic E-state index is 7.30. The summed E-state index contributed by atoms with van der Waals surface area (Å²) in [5.41, 5.74) is 13.8. The first kappa shape index (κ1) is 36.8. The van der Waals surface area contributed by atoms with Gasteiger partial charge >= 0.3 is 0 Å². The molecular weight excluding hydrogens is 755 g/mol. The van der Waals surface area contributed by atoms with Gasteiger partial charge in [-0.2, -0.15) is 0 Å². The summed E-state index contributed by atoms with van der Waals surface area (Å²) < 4.78 is 7.30. The Labute approximate surface area is 361 Å². The summed E-state index contributed by atoms with van der Waals surface area (Å²) in [5, 5.41) is 0. The summed E-state index contributed by atoms with van der Waals surface area (Å²) in [6, 6.07) is 82.4. The highest BCUT2D eigenvalue weighted by Gasteiger charge is 2.44. The van der Waals surface area contributed by atoms with Crippen molar-refractivity contribution >= 4 is 0 Å². The molecule has 0 aliphatic carbocycles. The highest BCUT2D eigenvalue weighted by atomic mass is 16.5. The Bertz CT molecular complexity index is 3080. The van der Waals surface area contributed by atoms with Crippen LogP contribution in [-0.2, 0) is 5.60 Å². The number of fused-ring (bicyclic) bond motifs is 3. The zero-order chi connectivity index (χ0) is 41.3. The van der Waals surface area contributed by atoms with Gasteiger partial charge in [0.15, 0.2) is 23.1 Å². The fourth-order valence-electron chi connectivity index (χ4n) is 8.71. The number of ether oxygens (including phenoxy) is 1. The third kappa shape index (κ3) is 6.74. The highest BCUT2D eigenvalue weighted by molar-refractivity contribution is 5.84. The van der Waals surface area contributed by atoms with Gasteiger partial charge in [0.2, 0.25) is 0 Å². The van der Waals surface area contributed by atoms with Gasteiger partial charge in [0.05, 0.1) is 0 Å². The number of hydrogen-bond acceptors (Lipinski definition) is 4. The molecule has 0 fully saturated rings. The number of rotatable bonds is 8. The van der Waals surface area contributed by atoms with Gasteiger partial charge in [-0.1, -0.05) is 200 Å². The largest absolute Gasteiger partial charge is 0.472 e. The first-order valence-corrected chi connectivity index (χ1v) is 20.9. The smallest absolute Gasteiger partial charge is 0.185 e. The summed E-state index contributed by atoms with van der Waals surface area (Å²) in [5.74, 6) is 2.55. The normalized spacial score (nSPS) is 12.5. The first-order valence-electron chi connectivity index (χ1n) is 20.9. The number of aromatic nitrogens is 3. The molecule has 1 aliphatic heterocycles. The van der Waals surface area contributed by atoms with Crippen molar-refractivity contribution in [2.75, 3.05) is 0 Å². The fourth-order valence-corrected chi connectivity index (χ4v) is 8.71. The summed E-state index contributed by atoms with van der Waals surface area (Å²) in [6.07, 6.45) is 0. The summed E-state index contributed by atoms with van der Waals surface area (Å²) in [7, 11) is 0. The molecule has 2 heterocycles. The second-order valence-corrected chi connectivity index (χ2v) is 15.6. The van der Waals surface area contributed by atoms with Crippen LogP contribution in [0.3, 0.4) is 0 Å². The lowest BCUT2D eigenvalue weighted by Gasteiger charge is -2.41. The molecule has 4 heteroatoms. The molecule has 1 aromatic heterocycles. The van der Waals surface area contributed by atoms with E-state index in [1.54, 1.807) is 0 Å². The van der Waals surface area contributed by atoms with Crippen molar-refractivity contribution in [1.29, 1.82) is 0 Å². The van der Waals surface area contributed by atoms with Crippen LogP contribution >= 0.6 is 0 Å². The molecule has 1 aliphatic rings. The Hall–Kier alpha value is -8.21. The Morgan fingerprint density at radius 1 is 0.274 bits per heavy atom. The molecule has 10 aromatic rings. The summed E-state index contributed by atoms with van der Waals surface area (Å²) in [6.45, 7) is 0. The van der Waals surface area contributed by atoms with Crippen molar-refractivity contribution in [3.63, 3.8) is 0 Å². The van der Waals surface area contributed by atoms with Crippen LogP contribution in [0.1, 0.15) is 16.7 Å². The maximum atomic E-state index is 7.30. The van der Waals surface area contributed by atoms with Crippen LogP contribution in [0.25, 0.3) is 78.7 Å². The quantitative estimate of drug-likeness (QED) is 0.154. The van der Waals surface area contributed by atoms with Crippen LogP contribution in [0.4, 0.5) is 0 Å². The zero-order valence-corrected chi connectivity index (χ0v) is 33.8. The van der Waals surface area contributed by atoms with E-state index < -0.39 is 5.60 Å². The van der Waals surface area contributed by atoms with Crippen molar-refractivity contribution in [2.45, 2.75) is 5.60 Å². The number of hydrogen-bond donors (Lipinski definition) is 0. The van der Waals surface area contributed by atoms with Crippen LogP contribution < -0.4 is 4.74 Å². The van der Waals surface area contributed by atoms with Crippen molar-refractivity contribution in [1.82, 2.24) is 15.0 Å².